The van der Waals surface area contributed by atoms with Gasteiger partial charge in [-0.3, -0.25) is 4.79 Å². The van der Waals surface area contributed by atoms with E-state index in [2.05, 4.69) is 5.32 Å². The average Bonchev–Trinajstić information content (AvgIpc) is 3.12. The summed E-state index contributed by atoms with van der Waals surface area (Å²) >= 11 is 0. The highest BCUT2D eigenvalue weighted by Gasteiger charge is 2.30. The van der Waals surface area contributed by atoms with E-state index in [4.69, 9.17) is 9.15 Å². The number of amides is 1. The van der Waals surface area contributed by atoms with E-state index in [0.717, 1.165) is 25.0 Å². The van der Waals surface area contributed by atoms with Gasteiger partial charge in [0.25, 0.3) is 5.91 Å². The van der Waals surface area contributed by atoms with Crippen LogP contribution in [0.25, 0.3) is 0 Å². The molecule has 1 aromatic heterocycles. The van der Waals surface area contributed by atoms with Crippen LogP contribution < -0.4 is 10.1 Å². The number of hydrogen-bond acceptors (Lipinski definition) is 3. The van der Waals surface area contributed by atoms with Gasteiger partial charge >= 0.3 is 0 Å². The standard InChI is InChI=1S/C16H17NO3/c18-16(12-9-10-19-11-12)17-14-7-4-8-15(14)20-13-5-2-1-3-6-13/h1-3,5-6,9-11,14-15H,4,7-8H2,(H,17,18)/t14-,15+/m1/s1. The molecule has 1 aromatic carbocycles. The smallest absolute Gasteiger partial charge is 0.254 e. The van der Waals surface area contributed by atoms with Crippen molar-refractivity contribution in [3.05, 3.63) is 54.5 Å². The van der Waals surface area contributed by atoms with Gasteiger partial charge in [-0.2, -0.15) is 0 Å². The predicted octanol–water partition coefficient (Wildman–Crippen LogP) is 3.01. The molecule has 0 unspecified atom stereocenters. The van der Waals surface area contributed by atoms with Crippen LogP contribution in [0.5, 0.6) is 5.75 Å². The number of furan rings is 1. The molecule has 20 heavy (non-hydrogen) atoms. The number of para-hydroxylation sites is 1. The highest BCUT2D eigenvalue weighted by Crippen LogP contribution is 2.25. The van der Waals surface area contributed by atoms with E-state index < -0.39 is 0 Å². The minimum atomic E-state index is -0.104. The molecule has 0 spiro atoms. The fourth-order valence-corrected chi connectivity index (χ4v) is 2.55. The first-order valence-electron chi connectivity index (χ1n) is 6.88. The zero-order valence-electron chi connectivity index (χ0n) is 11.1. The molecule has 0 saturated heterocycles. The molecule has 0 radical (unpaired) electrons. The lowest BCUT2D eigenvalue weighted by Crippen LogP contribution is -2.42. The van der Waals surface area contributed by atoms with Gasteiger partial charge in [-0.25, -0.2) is 0 Å². The third-order valence-electron chi connectivity index (χ3n) is 3.58. The number of nitrogens with one attached hydrogen (secondary N) is 1. The van der Waals surface area contributed by atoms with Crippen LogP contribution in [-0.4, -0.2) is 18.1 Å². The van der Waals surface area contributed by atoms with Crippen molar-refractivity contribution in [2.45, 2.75) is 31.4 Å². The Kier molecular flexibility index (Phi) is 3.72. The van der Waals surface area contributed by atoms with Gasteiger partial charge in [0.05, 0.1) is 17.9 Å². The van der Waals surface area contributed by atoms with Crippen LogP contribution in [0.1, 0.15) is 29.6 Å². The second kappa shape index (κ2) is 5.82. The van der Waals surface area contributed by atoms with Gasteiger partial charge in [0.1, 0.15) is 18.1 Å². The van der Waals surface area contributed by atoms with E-state index in [1.165, 1.54) is 12.5 Å². The zero-order valence-corrected chi connectivity index (χ0v) is 11.1. The lowest BCUT2D eigenvalue weighted by molar-refractivity contribution is 0.0893. The van der Waals surface area contributed by atoms with Crippen molar-refractivity contribution >= 4 is 5.91 Å². The third kappa shape index (κ3) is 2.85. The summed E-state index contributed by atoms with van der Waals surface area (Å²) in [6, 6.07) is 11.4. The van der Waals surface area contributed by atoms with Crippen LogP contribution >= 0.6 is 0 Å². The fourth-order valence-electron chi connectivity index (χ4n) is 2.55. The van der Waals surface area contributed by atoms with E-state index in [1.807, 2.05) is 30.3 Å². The van der Waals surface area contributed by atoms with E-state index in [0.29, 0.717) is 5.56 Å². The van der Waals surface area contributed by atoms with Gasteiger partial charge in [-0.15, -0.1) is 0 Å². The molecule has 1 fully saturated rings. The number of hydrogen-bond donors (Lipinski definition) is 1. The van der Waals surface area contributed by atoms with Crippen molar-refractivity contribution in [2.75, 3.05) is 0 Å². The summed E-state index contributed by atoms with van der Waals surface area (Å²) < 4.78 is 10.9. The molecule has 0 bridgehead atoms. The Hall–Kier alpha value is -2.23. The molecule has 1 amide bonds. The molecule has 0 aliphatic heterocycles. The largest absolute Gasteiger partial charge is 0.488 e. The minimum absolute atomic E-state index is 0.0354. The minimum Gasteiger partial charge on any atom is -0.488 e. The SMILES string of the molecule is O=C(N[C@@H]1CCC[C@@H]1Oc1ccccc1)c1ccoc1. The maximum Gasteiger partial charge on any atom is 0.254 e. The van der Waals surface area contributed by atoms with E-state index in [-0.39, 0.29) is 18.1 Å². The lowest BCUT2D eigenvalue weighted by atomic mass is 10.2. The summed E-state index contributed by atoms with van der Waals surface area (Å²) in [5.41, 5.74) is 0.551. The number of benzene rings is 1. The first kappa shape index (κ1) is 12.8. The molecule has 1 heterocycles. The van der Waals surface area contributed by atoms with Crippen molar-refractivity contribution in [3.63, 3.8) is 0 Å². The quantitative estimate of drug-likeness (QED) is 0.930. The molecule has 1 saturated carbocycles. The Labute approximate surface area is 117 Å². The van der Waals surface area contributed by atoms with E-state index >= 15 is 0 Å². The summed E-state index contributed by atoms with van der Waals surface area (Å²) in [4.78, 5) is 12.0. The van der Waals surface area contributed by atoms with Crippen molar-refractivity contribution in [3.8, 4) is 5.75 Å². The van der Waals surface area contributed by atoms with Gasteiger partial charge in [-0.1, -0.05) is 18.2 Å². The van der Waals surface area contributed by atoms with Crippen LogP contribution in [0.4, 0.5) is 0 Å². The molecule has 104 valence electrons. The normalized spacial score (nSPS) is 21.6. The molecule has 3 rings (SSSR count). The Morgan fingerprint density at radius 1 is 1.20 bits per heavy atom. The lowest BCUT2D eigenvalue weighted by Gasteiger charge is -2.22. The first-order valence-corrected chi connectivity index (χ1v) is 6.88. The molecule has 1 N–H and O–H groups in total. The molecular formula is C16H17NO3. The van der Waals surface area contributed by atoms with Gasteiger partial charge in [0.2, 0.25) is 0 Å². The van der Waals surface area contributed by atoms with Crippen LogP contribution in [0.2, 0.25) is 0 Å². The topological polar surface area (TPSA) is 51.5 Å². The Bertz CT molecular complexity index is 550. The average molecular weight is 271 g/mol. The van der Waals surface area contributed by atoms with Crippen LogP contribution in [0.3, 0.4) is 0 Å². The first-order chi connectivity index (χ1) is 9.83. The Morgan fingerprint density at radius 3 is 2.80 bits per heavy atom. The zero-order chi connectivity index (χ0) is 13.8. The predicted molar refractivity (Wildman–Crippen MR) is 74.7 cm³/mol. The number of rotatable bonds is 4. The maximum atomic E-state index is 12.0. The van der Waals surface area contributed by atoms with Gasteiger partial charge in [0, 0.05) is 0 Å². The Morgan fingerprint density at radius 2 is 2.05 bits per heavy atom. The third-order valence-corrected chi connectivity index (χ3v) is 3.58. The fraction of sp³-hybridized carbons (Fsp3) is 0.312. The number of carbonyl (C=O) groups is 1. The van der Waals surface area contributed by atoms with E-state index in [1.54, 1.807) is 6.07 Å². The Balaban J connectivity index is 1.62. The second-order valence-corrected chi connectivity index (χ2v) is 4.99. The van der Waals surface area contributed by atoms with Crippen molar-refractivity contribution in [2.24, 2.45) is 0 Å². The van der Waals surface area contributed by atoms with Crippen molar-refractivity contribution < 1.29 is 13.9 Å². The van der Waals surface area contributed by atoms with Gasteiger partial charge in [-0.05, 0) is 37.5 Å². The van der Waals surface area contributed by atoms with Gasteiger partial charge in [0.15, 0.2) is 0 Å². The van der Waals surface area contributed by atoms with E-state index in [9.17, 15) is 4.79 Å². The second-order valence-electron chi connectivity index (χ2n) is 4.99. The monoisotopic (exact) mass is 271 g/mol. The summed E-state index contributed by atoms with van der Waals surface area (Å²) in [7, 11) is 0. The van der Waals surface area contributed by atoms with Crippen LogP contribution in [0, 0.1) is 0 Å². The summed E-state index contributed by atoms with van der Waals surface area (Å²) in [5.74, 6) is 0.745. The van der Waals surface area contributed by atoms with Crippen molar-refractivity contribution in [1.82, 2.24) is 5.32 Å². The number of carbonyl (C=O) groups excluding carboxylic acids is 1. The maximum absolute atomic E-state index is 12.0. The van der Waals surface area contributed by atoms with Gasteiger partial charge < -0.3 is 14.5 Å². The molecule has 1 aliphatic carbocycles. The van der Waals surface area contributed by atoms with Crippen molar-refractivity contribution in [1.29, 1.82) is 0 Å². The molecule has 1 aliphatic rings. The molecular weight excluding hydrogens is 254 g/mol. The van der Waals surface area contributed by atoms with Crippen LogP contribution in [-0.2, 0) is 0 Å². The highest BCUT2D eigenvalue weighted by atomic mass is 16.5. The molecule has 4 heteroatoms. The molecule has 4 nitrogen and oxygen atoms in total. The molecule has 2 aromatic rings. The summed E-state index contributed by atoms with van der Waals surface area (Å²) in [6.45, 7) is 0. The summed E-state index contributed by atoms with van der Waals surface area (Å²) in [6.07, 6.45) is 5.96. The number of ether oxygens (including phenoxy) is 1. The van der Waals surface area contributed by atoms with Crippen LogP contribution in [0.15, 0.2) is 53.3 Å². The summed E-state index contributed by atoms with van der Waals surface area (Å²) in [5, 5.41) is 3.03. The molecule has 2 atom stereocenters. The highest BCUT2D eigenvalue weighted by molar-refractivity contribution is 5.94.